The molecule has 0 saturated carbocycles. The maximum atomic E-state index is 9.20. The van der Waals surface area contributed by atoms with Crippen LogP contribution >= 0.6 is 0 Å². The van der Waals surface area contributed by atoms with Crippen LogP contribution in [0.1, 0.15) is 12.7 Å². The Labute approximate surface area is 94.7 Å². The van der Waals surface area contributed by atoms with E-state index in [2.05, 4.69) is 4.98 Å². The van der Waals surface area contributed by atoms with Crippen LogP contribution in [0.2, 0.25) is 0 Å². The molecule has 0 aliphatic rings. The van der Waals surface area contributed by atoms with Crippen LogP contribution in [0.3, 0.4) is 0 Å². The van der Waals surface area contributed by atoms with Gasteiger partial charge >= 0.3 is 0 Å². The van der Waals surface area contributed by atoms with E-state index in [1.165, 1.54) is 0 Å². The van der Waals surface area contributed by atoms with E-state index in [0.29, 0.717) is 6.54 Å². The molecule has 4 heteroatoms. The number of aliphatic hydroxyl groups is 1. The number of hydrogen-bond donors (Lipinski definition) is 2. The largest absolute Gasteiger partial charge is 0.394 e. The van der Waals surface area contributed by atoms with Gasteiger partial charge in [0, 0.05) is 6.54 Å². The van der Waals surface area contributed by atoms with Crippen molar-refractivity contribution in [3.05, 3.63) is 30.1 Å². The number of benzene rings is 1. The number of aromatic nitrogens is 2. The topological polar surface area (TPSA) is 64.1 Å². The van der Waals surface area contributed by atoms with E-state index in [-0.39, 0.29) is 6.61 Å². The van der Waals surface area contributed by atoms with Crippen LogP contribution in [-0.2, 0) is 6.54 Å². The van der Waals surface area contributed by atoms with Gasteiger partial charge in [0.2, 0.25) is 0 Å². The first-order valence-corrected chi connectivity index (χ1v) is 5.35. The summed E-state index contributed by atoms with van der Waals surface area (Å²) in [5.41, 5.74) is 7.38. The number of imidazole rings is 1. The van der Waals surface area contributed by atoms with Gasteiger partial charge in [-0.3, -0.25) is 0 Å². The lowest BCUT2D eigenvalue weighted by atomic mass is 10.1. The smallest absolute Gasteiger partial charge is 0.106 e. The van der Waals surface area contributed by atoms with Crippen molar-refractivity contribution >= 4 is 11.0 Å². The molecule has 86 valence electrons. The average Bonchev–Trinajstić information content (AvgIpc) is 2.56. The van der Waals surface area contributed by atoms with Gasteiger partial charge in [-0.05, 0) is 26.0 Å². The fraction of sp³-hybridized carbons (Fsp3) is 0.417. The van der Waals surface area contributed by atoms with Gasteiger partial charge in [-0.2, -0.15) is 0 Å². The van der Waals surface area contributed by atoms with E-state index in [4.69, 9.17) is 5.73 Å². The van der Waals surface area contributed by atoms with Crippen molar-refractivity contribution < 1.29 is 5.11 Å². The van der Waals surface area contributed by atoms with Crippen LogP contribution in [0.15, 0.2) is 24.3 Å². The van der Waals surface area contributed by atoms with Crippen molar-refractivity contribution in [2.75, 3.05) is 6.61 Å². The molecule has 1 atom stereocenters. The fourth-order valence-electron chi connectivity index (χ4n) is 1.81. The van der Waals surface area contributed by atoms with E-state index in [1.54, 1.807) is 0 Å². The number of aliphatic hydroxyl groups excluding tert-OH is 1. The number of para-hydroxylation sites is 2. The highest BCUT2D eigenvalue weighted by atomic mass is 16.3. The zero-order valence-corrected chi connectivity index (χ0v) is 9.64. The maximum Gasteiger partial charge on any atom is 0.106 e. The average molecular weight is 219 g/mol. The van der Waals surface area contributed by atoms with Crippen molar-refractivity contribution in [3.63, 3.8) is 0 Å². The zero-order valence-electron chi connectivity index (χ0n) is 9.64. The highest BCUT2D eigenvalue weighted by molar-refractivity contribution is 5.75. The third kappa shape index (κ3) is 1.94. The third-order valence-electron chi connectivity index (χ3n) is 2.73. The maximum absolute atomic E-state index is 9.20. The van der Waals surface area contributed by atoms with E-state index in [9.17, 15) is 5.11 Å². The number of aryl methyl sites for hydroxylation is 1. The van der Waals surface area contributed by atoms with Gasteiger partial charge in [-0.15, -0.1) is 0 Å². The van der Waals surface area contributed by atoms with Crippen LogP contribution in [0.4, 0.5) is 0 Å². The Balaban J connectivity index is 2.47. The van der Waals surface area contributed by atoms with E-state index in [0.717, 1.165) is 16.9 Å². The fourth-order valence-corrected chi connectivity index (χ4v) is 1.81. The second-order valence-electron chi connectivity index (χ2n) is 4.55. The van der Waals surface area contributed by atoms with Gasteiger partial charge in [0.15, 0.2) is 0 Å². The van der Waals surface area contributed by atoms with Crippen LogP contribution in [0, 0.1) is 6.92 Å². The molecule has 2 aromatic rings. The van der Waals surface area contributed by atoms with Gasteiger partial charge in [-0.1, -0.05) is 12.1 Å². The van der Waals surface area contributed by atoms with Crippen molar-refractivity contribution in [1.82, 2.24) is 9.55 Å². The summed E-state index contributed by atoms with van der Waals surface area (Å²) < 4.78 is 2.05. The molecule has 0 aliphatic carbocycles. The number of nitrogens with two attached hydrogens (primary N) is 1. The molecule has 4 nitrogen and oxygen atoms in total. The first-order chi connectivity index (χ1) is 7.53. The Bertz CT molecular complexity index is 502. The predicted molar refractivity (Wildman–Crippen MR) is 64.1 cm³/mol. The highest BCUT2D eigenvalue weighted by Gasteiger charge is 2.20. The van der Waals surface area contributed by atoms with E-state index < -0.39 is 5.54 Å². The van der Waals surface area contributed by atoms with Crippen LogP contribution in [0.25, 0.3) is 11.0 Å². The van der Waals surface area contributed by atoms with Crippen LogP contribution in [0.5, 0.6) is 0 Å². The molecule has 1 aromatic heterocycles. The van der Waals surface area contributed by atoms with Gasteiger partial charge in [0.1, 0.15) is 5.82 Å². The highest BCUT2D eigenvalue weighted by Crippen LogP contribution is 2.17. The summed E-state index contributed by atoms with van der Waals surface area (Å²) in [6.07, 6.45) is 0. The Kier molecular flexibility index (Phi) is 2.69. The molecule has 0 aliphatic heterocycles. The minimum absolute atomic E-state index is 0.0427. The monoisotopic (exact) mass is 219 g/mol. The standard InChI is InChI=1S/C12H17N3O/c1-9-14-10-5-3-4-6-11(10)15(9)7-12(2,13)8-16/h3-6,16H,7-8,13H2,1-2H3. The summed E-state index contributed by atoms with van der Waals surface area (Å²) >= 11 is 0. The molecule has 0 saturated heterocycles. The molecule has 0 spiro atoms. The van der Waals surface area contributed by atoms with Gasteiger partial charge < -0.3 is 15.4 Å². The summed E-state index contributed by atoms with van der Waals surface area (Å²) in [5, 5.41) is 9.20. The SMILES string of the molecule is Cc1nc2ccccc2n1CC(C)(N)CO. The Morgan fingerprint density at radius 2 is 2.12 bits per heavy atom. The minimum atomic E-state index is -0.617. The lowest BCUT2D eigenvalue weighted by molar-refractivity contribution is 0.192. The predicted octanol–water partition coefficient (Wildman–Crippen LogP) is 1.05. The summed E-state index contributed by atoms with van der Waals surface area (Å²) in [6, 6.07) is 7.94. The quantitative estimate of drug-likeness (QED) is 0.811. The third-order valence-corrected chi connectivity index (χ3v) is 2.73. The molecule has 2 rings (SSSR count). The first kappa shape index (κ1) is 11.1. The van der Waals surface area contributed by atoms with Crippen molar-refractivity contribution in [1.29, 1.82) is 0 Å². The number of nitrogens with zero attached hydrogens (tertiary/aromatic N) is 2. The van der Waals surface area contributed by atoms with Crippen LogP contribution in [-0.4, -0.2) is 26.8 Å². The molecule has 0 fully saturated rings. The lowest BCUT2D eigenvalue weighted by Gasteiger charge is -2.23. The molecular weight excluding hydrogens is 202 g/mol. The summed E-state index contributed by atoms with van der Waals surface area (Å²) in [5.74, 6) is 0.923. The number of hydrogen-bond acceptors (Lipinski definition) is 3. The summed E-state index contributed by atoms with van der Waals surface area (Å²) in [7, 11) is 0. The molecule has 1 heterocycles. The van der Waals surface area contributed by atoms with Gasteiger partial charge in [0.25, 0.3) is 0 Å². The second-order valence-corrected chi connectivity index (χ2v) is 4.55. The Morgan fingerprint density at radius 3 is 2.81 bits per heavy atom. The second kappa shape index (κ2) is 3.88. The van der Waals surface area contributed by atoms with Crippen LogP contribution < -0.4 is 5.73 Å². The Morgan fingerprint density at radius 1 is 1.44 bits per heavy atom. The normalized spacial score (nSPS) is 15.2. The Hall–Kier alpha value is -1.39. The molecule has 0 amide bonds. The minimum Gasteiger partial charge on any atom is -0.394 e. The molecular formula is C12H17N3O. The van der Waals surface area contributed by atoms with E-state index >= 15 is 0 Å². The lowest BCUT2D eigenvalue weighted by Crippen LogP contribution is -2.44. The summed E-state index contributed by atoms with van der Waals surface area (Å²) in [4.78, 5) is 4.46. The van der Waals surface area contributed by atoms with E-state index in [1.807, 2.05) is 42.7 Å². The number of fused-ring (bicyclic) bond motifs is 1. The molecule has 1 aromatic carbocycles. The molecule has 3 N–H and O–H groups in total. The zero-order chi connectivity index (χ0) is 11.8. The molecule has 0 bridgehead atoms. The molecule has 1 unspecified atom stereocenters. The van der Waals surface area contributed by atoms with Crippen molar-refractivity contribution in [3.8, 4) is 0 Å². The van der Waals surface area contributed by atoms with Gasteiger partial charge in [0.05, 0.1) is 23.2 Å². The van der Waals surface area contributed by atoms with Crippen molar-refractivity contribution in [2.24, 2.45) is 5.73 Å². The molecule has 16 heavy (non-hydrogen) atoms. The van der Waals surface area contributed by atoms with Crippen molar-refractivity contribution in [2.45, 2.75) is 25.9 Å². The number of rotatable bonds is 3. The molecule has 0 radical (unpaired) electrons. The summed E-state index contributed by atoms with van der Waals surface area (Å²) in [6.45, 7) is 4.31. The van der Waals surface area contributed by atoms with Gasteiger partial charge in [-0.25, -0.2) is 4.98 Å². The first-order valence-electron chi connectivity index (χ1n) is 5.35.